The van der Waals surface area contributed by atoms with Crippen LogP contribution in [0.3, 0.4) is 0 Å². The zero-order chi connectivity index (χ0) is 15.0. The van der Waals surface area contributed by atoms with Crippen molar-refractivity contribution in [1.82, 2.24) is 14.9 Å². The summed E-state index contributed by atoms with van der Waals surface area (Å²) in [4.78, 5) is 20.6. The molecular formula is C14H16N4O3. The third-order valence-corrected chi connectivity index (χ3v) is 3.53. The smallest absolute Gasteiger partial charge is 0.257 e. The molecule has 0 saturated heterocycles. The Morgan fingerprint density at radius 3 is 2.71 bits per heavy atom. The van der Waals surface area contributed by atoms with Crippen LogP contribution in [-0.4, -0.2) is 31.6 Å². The zero-order valence-electron chi connectivity index (χ0n) is 11.3. The quantitative estimate of drug-likeness (QED) is 0.632. The van der Waals surface area contributed by atoms with Crippen LogP contribution in [0.1, 0.15) is 16.8 Å². The first-order valence-electron chi connectivity index (χ1n) is 6.63. The first-order valence-corrected chi connectivity index (χ1v) is 6.63. The van der Waals surface area contributed by atoms with E-state index in [1.165, 1.54) is 6.07 Å². The Kier molecular flexibility index (Phi) is 3.26. The van der Waals surface area contributed by atoms with Crippen LogP contribution in [0.5, 0.6) is 11.5 Å². The third kappa shape index (κ3) is 2.82. The first-order chi connectivity index (χ1) is 10.0. The van der Waals surface area contributed by atoms with E-state index in [2.05, 4.69) is 14.9 Å². The van der Waals surface area contributed by atoms with Gasteiger partial charge >= 0.3 is 0 Å². The lowest BCUT2D eigenvalue weighted by Crippen LogP contribution is -2.35. The summed E-state index contributed by atoms with van der Waals surface area (Å²) in [6.07, 6.45) is 0.647. The van der Waals surface area contributed by atoms with Crippen LogP contribution in [0.4, 0.5) is 5.95 Å². The maximum Gasteiger partial charge on any atom is 0.257 e. The van der Waals surface area contributed by atoms with Crippen LogP contribution >= 0.6 is 0 Å². The number of aromatic amines is 1. The lowest BCUT2D eigenvalue weighted by Gasteiger charge is -2.27. The predicted octanol–water partition coefficient (Wildman–Crippen LogP) is 0.322. The van der Waals surface area contributed by atoms with Gasteiger partial charge in [0.15, 0.2) is 0 Å². The van der Waals surface area contributed by atoms with Crippen molar-refractivity contribution < 1.29 is 10.2 Å². The van der Waals surface area contributed by atoms with E-state index in [4.69, 9.17) is 5.73 Å². The minimum Gasteiger partial charge on any atom is -0.508 e. The molecule has 1 aromatic heterocycles. The van der Waals surface area contributed by atoms with E-state index in [0.29, 0.717) is 25.1 Å². The molecule has 0 bridgehead atoms. The second-order valence-electron chi connectivity index (χ2n) is 5.19. The van der Waals surface area contributed by atoms with E-state index < -0.39 is 0 Å². The molecule has 1 aromatic carbocycles. The van der Waals surface area contributed by atoms with Crippen LogP contribution in [0, 0.1) is 0 Å². The number of rotatable bonds is 2. The van der Waals surface area contributed by atoms with E-state index in [9.17, 15) is 15.0 Å². The molecule has 0 fully saturated rings. The number of nitrogens with zero attached hydrogens (tertiary/aromatic N) is 2. The molecular weight excluding hydrogens is 272 g/mol. The Labute approximate surface area is 120 Å². The average molecular weight is 288 g/mol. The number of nitrogen functional groups attached to an aromatic ring is 1. The number of phenolic OH excluding ortho intramolecular Hbond substituents is 2. The highest BCUT2D eigenvalue weighted by Gasteiger charge is 2.21. The number of phenols is 2. The van der Waals surface area contributed by atoms with Gasteiger partial charge in [0.25, 0.3) is 5.56 Å². The van der Waals surface area contributed by atoms with Crippen molar-refractivity contribution in [3.63, 3.8) is 0 Å². The van der Waals surface area contributed by atoms with E-state index in [0.717, 1.165) is 17.8 Å². The monoisotopic (exact) mass is 288 g/mol. The second-order valence-corrected chi connectivity index (χ2v) is 5.19. The minimum absolute atomic E-state index is 0.0229. The fourth-order valence-electron chi connectivity index (χ4n) is 2.64. The lowest BCUT2D eigenvalue weighted by atomic mass is 10.1. The summed E-state index contributed by atoms with van der Waals surface area (Å²) in [5.74, 6) is 0.189. The molecule has 1 aliphatic heterocycles. The molecule has 0 unspecified atom stereocenters. The zero-order valence-corrected chi connectivity index (χ0v) is 11.3. The highest BCUT2D eigenvalue weighted by Crippen LogP contribution is 2.23. The van der Waals surface area contributed by atoms with Crippen molar-refractivity contribution in [2.45, 2.75) is 19.5 Å². The molecule has 5 N–H and O–H groups in total. The van der Waals surface area contributed by atoms with E-state index in [1.807, 2.05) is 0 Å². The number of nitrogens with two attached hydrogens (primary N) is 1. The maximum atomic E-state index is 11.9. The summed E-state index contributed by atoms with van der Waals surface area (Å²) in [7, 11) is 0. The van der Waals surface area contributed by atoms with Gasteiger partial charge in [0, 0.05) is 32.1 Å². The molecule has 7 heteroatoms. The number of hydrogen-bond acceptors (Lipinski definition) is 6. The number of aromatic nitrogens is 2. The number of benzene rings is 1. The van der Waals surface area contributed by atoms with Crippen LogP contribution < -0.4 is 11.3 Å². The Balaban J connectivity index is 1.82. The third-order valence-electron chi connectivity index (χ3n) is 3.53. The molecule has 2 aromatic rings. The number of H-pyrrole nitrogens is 1. The summed E-state index contributed by atoms with van der Waals surface area (Å²) in [6.45, 7) is 1.74. The van der Waals surface area contributed by atoms with Gasteiger partial charge in [0.05, 0.1) is 11.3 Å². The Morgan fingerprint density at radius 2 is 2.00 bits per heavy atom. The molecule has 0 spiro atoms. The second kappa shape index (κ2) is 5.10. The number of hydrogen-bond donors (Lipinski definition) is 4. The van der Waals surface area contributed by atoms with Crippen molar-refractivity contribution in [2.75, 3.05) is 12.3 Å². The average Bonchev–Trinajstić information content (AvgIpc) is 2.38. The largest absolute Gasteiger partial charge is 0.508 e. The van der Waals surface area contributed by atoms with E-state index >= 15 is 0 Å². The van der Waals surface area contributed by atoms with E-state index in [-0.39, 0.29) is 23.0 Å². The molecule has 0 saturated carbocycles. The minimum atomic E-state index is -0.207. The standard InChI is InChI=1S/C14H16N4O3/c15-14-16-12-1-2-18(7-11(12)13(21)17-14)6-8-3-9(19)5-10(20)4-8/h3-5,19-20H,1-2,6-7H2,(H3,15,16,17,21). The molecule has 0 amide bonds. The number of aromatic hydroxyl groups is 2. The van der Waals surface area contributed by atoms with Gasteiger partial charge in [-0.3, -0.25) is 14.7 Å². The summed E-state index contributed by atoms with van der Waals surface area (Å²) in [5.41, 5.74) is 7.49. The fourth-order valence-corrected chi connectivity index (χ4v) is 2.64. The van der Waals surface area contributed by atoms with E-state index in [1.54, 1.807) is 12.1 Å². The molecule has 2 heterocycles. The number of nitrogens with one attached hydrogen (secondary N) is 1. The van der Waals surface area contributed by atoms with Crippen LogP contribution in [-0.2, 0) is 19.5 Å². The summed E-state index contributed by atoms with van der Waals surface area (Å²) < 4.78 is 0. The molecule has 0 radical (unpaired) electrons. The molecule has 7 nitrogen and oxygen atoms in total. The van der Waals surface area contributed by atoms with Crippen LogP contribution in [0.25, 0.3) is 0 Å². The SMILES string of the molecule is Nc1nc2c(c(=O)[nH]1)CN(Cc1cc(O)cc(O)c1)CC2. The molecule has 1 aliphatic rings. The summed E-state index contributed by atoms with van der Waals surface area (Å²) in [5, 5.41) is 19.0. The van der Waals surface area contributed by atoms with Crippen molar-refractivity contribution >= 4 is 5.95 Å². The first kappa shape index (κ1) is 13.4. The van der Waals surface area contributed by atoms with Crippen molar-refractivity contribution in [3.8, 4) is 11.5 Å². The number of anilines is 1. The topological polar surface area (TPSA) is 115 Å². The van der Waals surface area contributed by atoms with Gasteiger partial charge < -0.3 is 15.9 Å². The molecule has 3 rings (SSSR count). The van der Waals surface area contributed by atoms with Gasteiger partial charge in [-0.2, -0.15) is 0 Å². The van der Waals surface area contributed by atoms with Gasteiger partial charge in [-0.1, -0.05) is 0 Å². The molecule has 0 atom stereocenters. The highest BCUT2D eigenvalue weighted by molar-refractivity contribution is 5.36. The lowest BCUT2D eigenvalue weighted by molar-refractivity contribution is 0.241. The Bertz CT molecular complexity index is 721. The van der Waals surface area contributed by atoms with Gasteiger partial charge in [0.1, 0.15) is 11.5 Å². The molecule has 0 aliphatic carbocycles. The Morgan fingerprint density at radius 1 is 1.29 bits per heavy atom. The van der Waals surface area contributed by atoms with Crippen molar-refractivity contribution in [3.05, 3.63) is 45.4 Å². The van der Waals surface area contributed by atoms with Gasteiger partial charge in [-0.25, -0.2) is 4.98 Å². The molecule has 21 heavy (non-hydrogen) atoms. The highest BCUT2D eigenvalue weighted by atomic mass is 16.3. The van der Waals surface area contributed by atoms with Gasteiger partial charge in [-0.15, -0.1) is 0 Å². The van der Waals surface area contributed by atoms with Crippen molar-refractivity contribution in [2.24, 2.45) is 0 Å². The number of fused-ring (bicyclic) bond motifs is 1. The normalized spacial score (nSPS) is 14.9. The van der Waals surface area contributed by atoms with Gasteiger partial charge in [0.2, 0.25) is 5.95 Å². The van der Waals surface area contributed by atoms with Crippen LogP contribution in [0.15, 0.2) is 23.0 Å². The predicted molar refractivity (Wildman–Crippen MR) is 76.9 cm³/mol. The summed E-state index contributed by atoms with van der Waals surface area (Å²) >= 11 is 0. The Hall–Kier alpha value is -2.54. The fraction of sp³-hybridized carbons (Fsp3) is 0.286. The van der Waals surface area contributed by atoms with Gasteiger partial charge in [-0.05, 0) is 17.7 Å². The summed E-state index contributed by atoms with van der Waals surface area (Å²) in [6, 6.07) is 4.48. The molecule has 110 valence electrons. The maximum absolute atomic E-state index is 11.9. The van der Waals surface area contributed by atoms with Crippen LogP contribution in [0.2, 0.25) is 0 Å². The van der Waals surface area contributed by atoms with Crippen molar-refractivity contribution in [1.29, 1.82) is 0 Å².